The molecule has 1 atom stereocenters. The molecule has 1 aliphatic heterocycles. The van der Waals surface area contributed by atoms with E-state index in [1.54, 1.807) is 11.8 Å². The number of likely N-dealkylation sites (tertiary alicyclic amines) is 1. The minimum Gasteiger partial charge on any atom is -0.461 e. The van der Waals surface area contributed by atoms with E-state index in [0.29, 0.717) is 19.7 Å². The van der Waals surface area contributed by atoms with Gasteiger partial charge in [0, 0.05) is 13.1 Å². The summed E-state index contributed by atoms with van der Waals surface area (Å²) in [6.07, 6.45) is 1.20. The van der Waals surface area contributed by atoms with Crippen molar-refractivity contribution in [3.63, 3.8) is 0 Å². The molecule has 0 bridgehead atoms. The highest BCUT2D eigenvalue weighted by atomic mass is 16.6. The van der Waals surface area contributed by atoms with E-state index >= 15 is 0 Å². The SMILES string of the molecule is CCOC(=O)N1CCCC(C(=O)OCc2ccccc2)C1. The topological polar surface area (TPSA) is 55.8 Å². The zero-order chi connectivity index (χ0) is 15.1. The number of rotatable bonds is 4. The van der Waals surface area contributed by atoms with E-state index in [9.17, 15) is 9.59 Å². The Morgan fingerprint density at radius 2 is 2.00 bits per heavy atom. The Morgan fingerprint density at radius 3 is 2.71 bits per heavy atom. The Bertz CT molecular complexity index is 474. The summed E-state index contributed by atoms with van der Waals surface area (Å²) in [5, 5.41) is 0. The molecule has 5 nitrogen and oxygen atoms in total. The minimum atomic E-state index is -0.349. The number of benzene rings is 1. The summed E-state index contributed by atoms with van der Waals surface area (Å²) < 4.78 is 10.3. The third-order valence-corrected chi connectivity index (χ3v) is 3.50. The molecule has 1 aliphatic rings. The average molecular weight is 291 g/mol. The normalized spacial score (nSPS) is 18.1. The summed E-state index contributed by atoms with van der Waals surface area (Å²) in [4.78, 5) is 25.4. The molecule has 21 heavy (non-hydrogen) atoms. The van der Waals surface area contributed by atoms with Crippen LogP contribution in [0.3, 0.4) is 0 Å². The minimum absolute atomic E-state index is 0.243. The quantitative estimate of drug-likeness (QED) is 0.800. The first-order valence-electron chi connectivity index (χ1n) is 7.33. The standard InChI is InChI=1S/C16H21NO4/c1-2-20-16(19)17-10-6-9-14(11-17)15(18)21-12-13-7-4-3-5-8-13/h3-5,7-8,14H,2,6,9-12H2,1H3. The van der Waals surface area contributed by atoms with Crippen LogP contribution in [-0.2, 0) is 20.9 Å². The molecule has 1 saturated heterocycles. The maximum Gasteiger partial charge on any atom is 0.409 e. The Morgan fingerprint density at radius 1 is 1.24 bits per heavy atom. The molecule has 0 aliphatic carbocycles. The summed E-state index contributed by atoms with van der Waals surface area (Å²) in [5.74, 6) is -0.500. The lowest BCUT2D eigenvalue weighted by atomic mass is 9.98. The van der Waals surface area contributed by atoms with Gasteiger partial charge < -0.3 is 14.4 Å². The van der Waals surface area contributed by atoms with E-state index in [0.717, 1.165) is 18.4 Å². The predicted molar refractivity (Wildman–Crippen MR) is 77.6 cm³/mol. The van der Waals surface area contributed by atoms with E-state index in [1.165, 1.54) is 0 Å². The summed E-state index contributed by atoms with van der Waals surface area (Å²) in [5.41, 5.74) is 0.962. The molecule has 1 aromatic carbocycles. The Labute approximate surface area is 124 Å². The Kier molecular flexibility index (Phi) is 5.60. The summed E-state index contributed by atoms with van der Waals surface area (Å²) in [6, 6.07) is 9.57. The molecule has 1 unspecified atom stereocenters. The van der Waals surface area contributed by atoms with Crippen LogP contribution in [0.1, 0.15) is 25.3 Å². The van der Waals surface area contributed by atoms with Crippen LogP contribution < -0.4 is 0 Å². The van der Waals surface area contributed by atoms with Crippen LogP contribution in [-0.4, -0.2) is 36.7 Å². The van der Waals surface area contributed by atoms with Gasteiger partial charge in [0.25, 0.3) is 0 Å². The van der Waals surface area contributed by atoms with Gasteiger partial charge in [-0.25, -0.2) is 4.79 Å². The highest BCUT2D eigenvalue weighted by Crippen LogP contribution is 2.19. The van der Waals surface area contributed by atoms with Crippen LogP contribution in [0.25, 0.3) is 0 Å². The van der Waals surface area contributed by atoms with Crippen LogP contribution in [0, 0.1) is 5.92 Å². The summed E-state index contributed by atoms with van der Waals surface area (Å²) in [7, 11) is 0. The van der Waals surface area contributed by atoms with Crippen molar-refractivity contribution in [1.82, 2.24) is 4.90 Å². The maximum atomic E-state index is 12.1. The molecule has 0 radical (unpaired) electrons. The molecular formula is C16H21NO4. The molecule has 1 heterocycles. The average Bonchev–Trinajstić information content (AvgIpc) is 2.54. The van der Waals surface area contributed by atoms with Crippen LogP contribution >= 0.6 is 0 Å². The van der Waals surface area contributed by atoms with Crippen molar-refractivity contribution in [1.29, 1.82) is 0 Å². The van der Waals surface area contributed by atoms with Crippen molar-refractivity contribution < 1.29 is 19.1 Å². The van der Waals surface area contributed by atoms with Gasteiger partial charge in [-0.15, -0.1) is 0 Å². The lowest BCUT2D eigenvalue weighted by Gasteiger charge is -2.30. The summed E-state index contributed by atoms with van der Waals surface area (Å²) >= 11 is 0. The lowest BCUT2D eigenvalue weighted by Crippen LogP contribution is -2.43. The second-order valence-corrected chi connectivity index (χ2v) is 5.08. The van der Waals surface area contributed by atoms with Gasteiger partial charge >= 0.3 is 12.1 Å². The van der Waals surface area contributed by atoms with Crippen LogP contribution in [0.2, 0.25) is 0 Å². The third-order valence-electron chi connectivity index (χ3n) is 3.50. The molecule has 1 fully saturated rings. The van der Waals surface area contributed by atoms with Gasteiger partial charge in [0.05, 0.1) is 12.5 Å². The fourth-order valence-electron chi connectivity index (χ4n) is 2.40. The number of ether oxygens (including phenoxy) is 2. The van der Waals surface area contributed by atoms with Gasteiger partial charge in [0.15, 0.2) is 0 Å². The first kappa shape index (κ1) is 15.4. The van der Waals surface area contributed by atoms with E-state index < -0.39 is 0 Å². The molecular weight excluding hydrogens is 270 g/mol. The van der Waals surface area contributed by atoms with Gasteiger partial charge in [-0.1, -0.05) is 30.3 Å². The zero-order valence-corrected chi connectivity index (χ0v) is 12.3. The largest absolute Gasteiger partial charge is 0.461 e. The van der Waals surface area contributed by atoms with Crippen molar-refractivity contribution in [2.75, 3.05) is 19.7 Å². The Hall–Kier alpha value is -2.04. The van der Waals surface area contributed by atoms with E-state index in [-0.39, 0.29) is 24.6 Å². The number of esters is 1. The zero-order valence-electron chi connectivity index (χ0n) is 12.3. The predicted octanol–water partition coefficient (Wildman–Crippen LogP) is 2.60. The second kappa shape index (κ2) is 7.67. The number of carbonyl (C=O) groups excluding carboxylic acids is 2. The van der Waals surface area contributed by atoms with E-state index in [2.05, 4.69) is 0 Å². The van der Waals surface area contributed by atoms with Crippen LogP contribution in [0.5, 0.6) is 0 Å². The number of hydrogen-bond acceptors (Lipinski definition) is 4. The summed E-state index contributed by atoms with van der Waals surface area (Å²) in [6.45, 7) is 3.41. The van der Waals surface area contributed by atoms with Crippen LogP contribution in [0.15, 0.2) is 30.3 Å². The fourth-order valence-corrected chi connectivity index (χ4v) is 2.40. The number of amides is 1. The maximum absolute atomic E-state index is 12.1. The molecule has 1 aromatic rings. The van der Waals surface area contributed by atoms with Crippen molar-refractivity contribution in [2.45, 2.75) is 26.4 Å². The Balaban J connectivity index is 1.83. The molecule has 114 valence electrons. The molecule has 0 aromatic heterocycles. The van der Waals surface area contributed by atoms with Crippen LogP contribution in [0.4, 0.5) is 4.79 Å². The molecule has 0 N–H and O–H groups in total. The first-order chi connectivity index (χ1) is 10.2. The fraction of sp³-hybridized carbons (Fsp3) is 0.500. The van der Waals surface area contributed by atoms with Gasteiger partial charge in [-0.05, 0) is 25.3 Å². The number of hydrogen-bond donors (Lipinski definition) is 0. The lowest BCUT2D eigenvalue weighted by molar-refractivity contribution is -0.151. The number of piperidine rings is 1. The van der Waals surface area contributed by atoms with Gasteiger partial charge in [-0.2, -0.15) is 0 Å². The molecule has 2 rings (SSSR count). The van der Waals surface area contributed by atoms with Gasteiger partial charge in [0.2, 0.25) is 0 Å². The smallest absolute Gasteiger partial charge is 0.409 e. The second-order valence-electron chi connectivity index (χ2n) is 5.08. The van der Waals surface area contributed by atoms with Crippen molar-refractivity contribution in [3.05, 3.63) is 35.9 Å². The first-order valence-corrected chi connectivity index (χ1v) is 7.33. The highest BCUT2D eigenvalue weighted by Gasteiger charge is 2.30. The number of nitrogens with zero attached hydrogens (tertiary/aromatic N) is 1. The van der Waals surface area contributed by atoms with Gasteiger partial charge in [-0.3, -0.25) is 4.79 Å². The molecule has 5 heteroatoms. The highest BCUT2D eigenvalue weighted by molar-refractivity contribution is 5.74. The molecule has 1 amide bonds. The molecule has 0 saturated carbocycles. The van der Waals surface area contributed by atoms with Crippen molar-refractivity contribution >= 4 is 12.1 Å². The third kappa shape index (κ3) is 4.48. The molecule has 0 spiro atoms. The van der Waals surface area contributed by atoms with Crippen molar-refractivity contribution in [3.8, 4) is 0 Å². The van der Waals surface area contributed by atoms with Gasteiger partial charge in [0.1, 0.15) is 6.61 Å². The van der Waals surface area contributed by atoms with E-state index in [4.69, 9.17) is 9.47 Å². The number of carbonyl (C=O) groups is 2. The van der Waals surface area contributed by atoms with Crippen molar-refractivity contribution in [2.24, 2.45) is 5.92 Å². The van der Waals surface area contributed by atoms with E-state index in [1.807, 2.05) is 30.3 Å². The monoisotopic (exact) mass is 291 g/mol.